The molecule has 0 saturated heterocycles. The second-order valence-electron chi connectivity index (χ2n) is 7.47. The summed E-state index contributed by atoms with van der Waals surface area (Å²) in [6.45, 7) is 2.93. The maximum atomic E-state index is 12.8. The lowest BCUT2D eigenvalue weighted by molar-refractivity contribution is 0.00645. The van der Waals surface area contributed by atoms with Crippen LogP contribution in [-0.4, -0.2) is 6.10 Å². The fourth-order valence-corrected chi connectivity index (χ4v) is 3.67. The molecule has 0 bridgehead atoms. The molecule has 0 unspecified atom stereocenters. The van der Waals surface area contributed by atoms with Crippen molar-refractivity contribution in [2.75, 3.05) is 0 Å². The van der Waals surface area contributed by atoms with Gasteiger partial charge in [0.05, 0.1) is 12.7 Å². The number of unbranched alkanes of at least 4 members (excludes halogenated alkanes) is 2. The molecule has 1 aliphatic carbocycles. The minimum absolute atomic E-state index is 0.349. The van der Waals surface area contributed by atoms with Crippen LogP contribution in [0.2, 0.25) is 0 Å². The van der Waals surface area contributed by atoms with Gasteiger partial charge in [0.25, 0.3) is 0 Å². The zero-order chi connectivity index (χ0) is 18.6. The number of rotatable bonds is 10. The average molecular weight is 358 g/mol. The van der Waals surface area contributed by atoms with E-state index in [9.17, 15) is 4.39 Å². The van der Waals surface area contributed by atoms with Crippen LogP contribution in [0.25, 0.3) is 0 Å². The Kier molecular flexibility index (Phi) is 9.42. The van der Waals surface area contributed by atoms with Gasteiger partial charge in [0.15, 0.2) is 5.83 Å². The molecule has 1 aromatic rings. The van der Waals surface area contributed by atoms with E-state index in [1.807, 2.05) is 0 Å². The van der Waals surface area contributed by atoms with Gasteiger partial charge in [-0.1, -0.05) is 44.0 Å². The second kappa shape index (κ2) is 11.9. The van der Waals surface area contributed by atoms with Gasteiger partial charge in [-0.05, 0) is 74.5 Å². The zero-order valence-electron chi connectivity index (χ0n) is 16.1. The predicted molar refractivity (Wildman–Crippen MR) is 104 cm³/mol. The molecule has 1 fully saturated rings. The van der Waals surface area contributed by atoms with Crippen molar-refractivity contribution in [3.63, 3.8) is 0 Å². The third-order valence-corrected chi connectivity index (χ3v) is 5.38. The molecule has 0 N–H and O–H groups in total. The summed E-state index contributed by atoms with van der Waals surface area (Å²) in [7, 11) is 0. The third-order valence-electron chi connectivity index (χ3n) is 5.38. The van der Waals surface area contributed by atoms with Crippen molar-refractivity contribution in [3.05, 3.63) is 47.3 Å². The molecule has 2 nitrogen and oxygen atoms in total. The molecular weight excluding hydrogens is 325 g/mol. The van der Waals surface area contributed by atoms with Crippen molar-refractivity contribution in [2.45, 2.75) is 83.8 Å². The highest BCUT2D eigenvalue weighted by atomic mass is 19.1. The first-order valence-corrected chi connectivity index (χ1v) is 10.2. The third kappa shape index (κ3) is 7.70. The minimum Gasteiger partial charge on any atom is -0.374 e. The first-order valence-electron chi connectivity index (χ1n) is 10.2. The SMILES string of the molecule is CCCCCc1ccc(COC2CCC(CCC=C(F)C#N)CC2)cc1. The number of allylic oxidation sites excluding steroid dienone is 2. The Hall–Kier alpha value is -1.66. The molecule has 0 aromatic heterocycles. The predicted octanol–water partition coefficient (Wildman–Crippen LogP) is 6.65. The van der Waals surface area contributed by atoms with Crippen molar-refractivity contribution >= 4 is 0 Å². The highest BCUT2D eigenvalue weighted by Crippen LogP contribution is 2.30. The summed E-state index contributed by atoms with van der Waals surface area (Å²) in [5.74, 6) is -0.0154. The van der Waals surface area contributed by atoms with Gasteiger partial charge in [-0.25, -0.2) is 0 Å². The van der Waals surface area contributed by atoms with E-state index in [-0.39, 0.29) is 0 Å². The van der Waals surface area contributed by atoms with Crippen molar-refractivity contribution in [3.8, 4) is 6.07 Å². The fourth-order valence-electron chi connectivity index (χ4n) is 3.67. The van der Waals surface area contributed by atoms with Crippen LogP contribution in [0.4, 0.5) is 4.39 Å². The molecule has 1 aliphatic rings. The fraction of sp³-hybridized carbons (Fsp3) is 0.609. The maximum absolute atomic E-state index is 12.8. The van der Waals surface area contributed by atoms with Gasteiger partial charge in [0.1, 0.15) is 6.07 Å². The van der Waals surface area contributed by atoms with Gasteiger partial charge in [-0.2, -0.15) is 9.65 Å². The molecule has 1 saturated carbocycles. The first-order chi connectivity index (χ1) is 12.7. The molecule has 0 heterocycles. The largest absolute Gasteiger partial charge is 0.374 e. The number of ether oxygens (including phenoxy) is 1. The Morgan fingerprint density at radius 2 is 1.85 bits per heavy atom. The molecule has 0 amide bonds. The topological polar surface area (TPSA) is 33.0 Å². The number of halogens is 1. The van der Waals surface area contributed by atoms with E-state index in [1.165, 1.54) is 49.0 Å². The van der Waals surface area contributed by atoms with Gasteiger partial charge < -0.3 is 4.74 Å². The summed E-state index contributed by atoms with van der Waals surface area (Å²) >= 11 is 0. The van der Waals surface area contributed by atoms with Gasteiger partial charge in [-0.15, -0.1) is 0 Å². The van der Waals surface area contributed by atoms with E-state index >= 15 is 0 Å². The van der Waals surface area contributed by atoms with Crippen molar-refractivity contribution in [1.29, 1.82) is 5.26 Å². The Labute approximate surface area is 158 Å². The van der Waals surface area contributed by atoms with Crippen LogP contribution >= 0.6 is 0 Å². The molecule has 142 valence electrons. The van der Waals surface area contributed by atoms with Crippen LogP contribution in [0.1, 0.15) is 75.8 Å². The number of nitriles is 1. The highest BCUT2D eigenvalue weighted by Gasteiger charge is 2.21. The van der Waals surface area contributed by atoms with Crippen LogP contribution in [0.3, 0.4) is 0 Å². The normalized spacial score (nSPS) is 20.7. The van der Waals surface area contributed by atoms with Crippen molar-refractivity contribution < 1.29 is 9.13 Å². The van der Waals surface area contributed by atoms with Crippen LogP contribution in [0.15, 0.2) is 36.2 Å². The summed E-state index contributed by atoms with van der Waals surface area (Å²) in [5.41, 5.74) is 2.67. The van der Waals surface area contributed by atoms with E-state index in [0.717, 1.165) is 32.1 Å². The number of nitrogens with zero attached hydrogens (tertiary/aromatic N) is 1. The van der Waals surface area contributed by atoms with E-state index < -0.39 is 5.83 Å². The molecule has 0 radical (unpaired) electrons. The van der Waals surface area contributed by atoms with Crippen molar-refractivity contribution in [1.82, 2.24) is 0 Å². The molecule has 0 spiro atoms. The lowest BCUT2D eigenvalue weighted by Gasteiger charge is -2.28. The Morgan fingerprint density at radius 3 is 2.50 bits per heavy atom. The molecule has 2 rings (SSSR count). The highest BCUT2D eigenvalue weighted by molar-refractivity contribution is 5.22. The van der Waals surface area contributed by atoms with Gasteiger partial charge >= 0.3 is 0 Å². The van der Waals surface area contributed by atoms with Gasteiger partial charge in [0, 0.05) is 0 Å². The molecule has 26 heavy (non-hydrogen) atoms. The first kappa shape index (κ1) is 20.6. The molecule has 1 aromatic carbocycles. The summed E-state index contributed by atoms with van der Waals surface area (Å²) in [6.07, 6.45) is 12.9. The summed E-state index contributed by atoms with van der Waals surface area (Å²) in [5, 5.41) is 8.41. The minimum atomic E-state index is -0.654. The smallest absolute Gasteiger partial charge is 0.196 e. The molecular formula is C23H32FNO. The van der Waals surface area contributed by atoms with Gasteiger partial charge in [-0.3, -0.25) is 0 Å². The summed E-state index contributed by atoms with van der Waals surface area (Å²) < 4.78 is 18.9. The summed E-state index contributed by atoms with van der Waals surface area (Å²) in [6, 6.07) is 10.4. The standard InChI is InChI=1S/C23H32FNO/c1-2-3-4-6-19-9-11-21(12-10-19)18-26-23-15-13-20(14-16-23)7-5-8-22(24)17-25/h8-12,20,23H,2-7,13-16,18H2,1H3. The second-order valence-corrected chi connectivity index (χ2v) is 7.47. The average Bonchev–Trinajstić information content (AvgIpc) is 2.68. The van der Waals surface area contributed by atoms with Crippen LogP contribution < -0.4 is 0 Å². The Morgan fingerprint density at radius 1 is 1.15 bits per heavy atom. The lowest BCUT2D eigenvalue weighted by Crippen LogP contribution is -2.21. The van der Waals surface area contributed by atoms with Gasteiger partial charge in [0.2, 0.25) is 0 Å². The monoisotopic (exact) mass is 357 g/mol. The van der Waals surface area contributed by atoms with E-state index in [4.69, 9.17) is 10.00 Å². The van der Waals surface area contributed by atoms with Crippen LogP contribution in [-0.2, 0) is 17.8 Å². The van der Waals surface area contributed by atoms with E-state index in [1.54, 1.807) is 0 Å². The quantitative estimate of drug-likeness (QED) is 0.347. The molecule has 3 heteroatoms. The number of aryl methyl sites for hydroxylation is 1. The number of hydrogen-bond donors (Lipinski definition) is 0. The summed E-state index contributed by atoms with van der Waals surface area (Å²) in [4.78, 5) is 0. The number of benzene rings is 1. The molecule has 0 atom stereocenters. The van der Waals surface area contributed by atoms with E-state index in [2.05, 4.69) is 31.2 Å². The Bertz CT molecular complexity index is 579. The lowest BCUT2D eigenvalue weighted by atomic mass is 9.84. The van der Waals surface area contributed by atoms with E-state index in [0.29, 0.717) is 25.0 Å². The zero-order valence-corrected chi connectivity index (χ0v) is 16.1. The van der Waals surface area contributed by atoms with Crippen molar-refractivity contribution in [2.24, 2.45) is 5.92 Å². The molecule has 0 aliphatic heterocycles. The number of hydrogen-bond acceptors (Lipinski definition) is 2. The van der Waals surface area contributed by atoms with Crippen LogP contribution in [0, 0.1) is 17.2 Å². The maximum Gasteiger partial charge on any atom is 0.196 e. The Balaban J connectivity index is 1.63. The van der Waals surface area contributed by atoms with Crippen LogP contribution in [0.5, 0.6) is 0 Å².